The predicted molar refractivity (Wildman–Crippen MR) is 80.1 cm³/mol. The van der Waals surface area contributed by atoms with E-state index < -0.39 is 5.97 Å². The highest BCUT2D eigenvalue weighted by Crippen LogP contribution is 2.09. The molecule has 0 aliphatic heterocycles. The van der Waals surface area contributed by atoms with Crippen LogP contribution in [0.5, 0.6) is 0 Å². The van der Waals surface area contributed by atoms with E-state index >= 15 is 0 Å². The van der Waals surface area contributed by atoms with E-state index in [9.17, 15) is 4.79 Å². The average molecular weight is 258 g/mol. The van der Waals surface area contributed by atoms with Gasteiger partial charge in [-0.25, -0.2) is 0 Å². The Labute approximate surface area is 114 Å². The molecule has 0 radical (unpaired) electrons. The van der Waals surface area contributed by atoms with Gasteiger partial charge in [0.1, 0.15) is 0 Å². The Morgan fingerprint density at radius 2 is 1.00 bits per heavy atom. The second-order valence-electron chi connectivity index (χ2n) is 4.97. The van der Waals surface area contributed by atoms with Crippen LogP contribution in [0.15, 0.2) is 0 Å². The Kier molecular flexibility index (Phi) is 20.7. The van der Waals surface area contributed by atoms with Crippen molar-refractivity contribution < 1.29 is 9.90 Å². The SMILES string of the molecule is CCCC(=O)O.CCCCCCCCCCCC. The lowest BCUT2D eigenvalue weighted by Gasteiger charge is -1.99. The Bertz CT molecular complexity index is 145. The Hall–Kier alpha value is -0.530. The molecule has 0 fully saturated rings. The van der Waals surface area contributed by atoms with Crippen molar-refractivity contribution >= 4 is 5.97 Å². The molecule has 0 aromatic heterocycles. The van der Waals surface area contributed by atoms with Gasteiger partial charge >= 0.3 is 5.97 Å². The summed E-state index contributed by atoms with van der Waals surface area (Å²) in [6, 6.07) is 0. The van der Waals surface area contributed by atoms with E-state index in [2.05, 4.69) is 13.8 Å². The number of carboxylic acids is 1. The smallest absolute Gasteiger partial charge is 0.303 e. The molecule has 0 unspecified atom stereocenters. The van der Waals surface area contributed by atoms with Crippen LogP contribution < -0.4 is 0 Å². The molecule has 0 saturated carbocycles. The number of hydrogen-bond donors (Lipinski definition) is 1. The van der Waals surface area contributed by atoms with Gasteiger partial charge in [0.05, 0.1) is 0 Å². The van der Waals surface area contributed by atoms with Crippen LogP contribution in [0.4, 0.5) is 0 Å². The molecule has 0 aliphatic rings. The molecule has 2 nitrogen and oxygen atoms in total. The van der Waals surface area contributed by atoms with Crippen molar-refractivity contribution in [3.8, 4) is 0 Å². The van der Waals surface area contributed by atoms with Gasteiger partial charge in [0.2, 0.25) is 0 Å². The van der Waals surface area contributed by atoms with Gasteiger partial charge in [-0.1, -0.05) is 85.0 Å². The number of aliphatic carboxylic acids is 1. The topological polar surface area (TPSA) is 37.3 Å². The molecule has 2 heteroatoms. The minimum atomic E-state index is -0.711. The van der Waals surface area contributed by atoms with E-state index in [0.29, 0.717) is 6.42 Å². The molecule has 0 amide bonds. The number of unbranched alkanes of at least 4 members (excludes halogenated alkanes) is 9. The van der Waals surface area contributed by atoms with Crippen molar-refractivity contribution in [3.63, 3.8) is 0 Å². The van der Waals surface area contributed by atoms with Gasteiger partial charge in [-0.05, 0) is 6.42 Å². The summed E-state index contributed by atoms with van der Waals surface area (Å²) in [4.78, 5) is 9.60. The highest BCUT2D eigenvalue weighted by atomic mass is 16.4. The molecule has 0 aromatic rings. The number of carboxylic acid groups (broad SMARTS) is 1. The van der Waals surface area contributed by atoms with E-state index in [0.717, 1.165) is 6.42 Å². The Balaban J connectivity index is 0. The molecule has 110 valence electrons. The van der Waals surface area contributed by atoms with Crippen molar-refractivity contribution in [2.75, 3.05) is 0 Å². The first-order valence-electron chi connectivity index (χ1n) is 7.90. The highest BCUT2D eigenvalue weighted by molar-refractivity contribution is 5.66. The molecule has 0 heterocycles. The number of rotatable bonds is 11. The summed E-state index contributed by atoms with van der Waals surface area (Å²) in [5.74, 6) is -0.711. The van der Waals surface area contributed by atoms with Gasteiger partial charge in [-0.3, -0.25) is 4.79 Å². The van der Waals surface area contributed by atoms with Crippen molar-refractivity contribution in [3.05, 3.63) is 0 Å². The number of hydrogen-bond acceptors (Lipinski definition) is 1. The lowest BCUT2D eigenvalue weighted by atomic mass is 10.1. The van der Waals surface area contributed by atoms with Crippen molar-refractivity contribution in [2.45, 2.75) is 97.8 Å². The number of carbonyl (C=O) groups is 1. The third-order valence-electron chi connectivity index (χ3n) is 2.92. The summed E-state index contributed by atoms with van der Waals surface area (Å²) < 4.78 is 0. The molecular formula is C16H34O2. The van der Waals surface area contributed by atoms with Crippen LogP contribution in [0, 0.1) is 0 Å². The van der Waals surface area contributed by atoms with Crippen LogP contribution in [0.25, 0.3) is 0 Å². The van der Waals surface area contributed by atoms with Crippen LogP contribution >= 0.6 is 0 Å². The molecule has 1 N–H and O–H groups in total. The third kappa shape index (κ3) is 24.6. The molecule has 18 heavy (non-hydrogen) atoms. The van der Waals surface area contributed by atoms with E-state index in [1.807, 2.05) is 6.92 Å². The van der Waals surface area contributed by atoms with E-state index in [4.69, 9.17) is 5.11 Å². The summed E-state index contributed by atoms with van der Waals surface area (Å²) in [7, 11) is 0. The maximum Gasteiger partial charge on any atom is 0.303 e. The fourth-order valence-electron chi connectivity index (χ4n) is 1.77. The normalized spacial score (nSPS) is 9.72. The summed E-state index contributed by atoms with van der Waals surface area (Å²) in [6.45, 7) is 6.40. The van der Waals surface area contributed by atoms with Crippen molar-refractivity contribution in [2.24, 2.45) is 0 Å². The highest BCUT2D eigenvalue weighted by Gasteiger charge is 1.90. The van der Waals surface area contributed by atoms with Crippen LogP contribution in [0.1, 0.15) is 97.8 Å². The summed E-state index contributed by atoms with van der Waals surface area (Å²) >= 11 is 0. The second-order valence-corrected chi connectivity index (χ2v) is 4.97. The summed E-state index contributed by atoms with van der Waals surface area (Å²) in [5, 5.41) is 7.91. The molecule has 0 atom stereocenters. The largest absolute Gasteiger partial charge is 0.481 e. The lowest BCUT2D eigenvalue weighted by molar-refractivity contribution is -0.137. The fourth-order valence-corrected chi connectivity index (χ4v) is 1.77. The van der Waals surface area contributed by atoms with Crippen LogP contribution in [-0.4, -0.2) is 11.1 Å². The minimum Gasteiger partial charge on any atom is -0.481 e. The molecule has 0 aromatic carbocycles. The first kappa shape index (κ1) is 19.8. The molecule has 0 saturated heterocycles. The third-order valence-corrected chi connectivity index (χ3v) is 2.92. The van der Waals surface area contributed by atoms with Crippen molar-refractivity contribution in [1.29, 1.82) is 0 Å². The lowest BCUT2D eigenvalue weighted by Crippen LogP contribution is -1.90. The standard InChI is InChI=1S/C12H26.C4H8O2/c1-3-5-7-9-11-12-10-8-6-4-2;1-2-3-4(5)6/h3-12H2,1-2H3;2-3H2,1H3,(H,5,6). The first-order chi connectivity index (χ1) is 8.68. The first-order valence-corrected chi connectivity index (χ1v) is 7.90. The van der Waals surface area contributed by atoms with E-state index in [-0.39, 0.29) is 0 Å². The van der Waals surface area contributed by atoms with Crippen LogP contribution in [-0.2, 0) is 4.79 Å². The maximum absolute atomic E-state index is 9.60. The van der Waals surface area contributed by atoms with Crippen molar-refractivity contribution in [1.82, 2.24) is 0 Å². The van der Waals surface area contributed by atoms with E-state index in [1.54, 1.807) is 0 Å². The Morgan fingerprint density at radius 1 is 0.667 bits per heavy atom. The van der Waals surface area contributed by atoms with Gasteiger partial charge in [0.25, 0.3) is 0 Å². The minimum absolute atomic E-state index is 0.292. The van der Waals surface area contributed by atoms with Gasteiger partial charge < -0.3 is 5.11 Å². The maximum atomic E-state index is 9.60. The molecule has 0 rings (SSSR count). The monoisotopic (exact) mass is 258 g/mol. The second kappa shape index (κ2) is 18.8. The Morgan fingerprint density at radius 3 is 1.17 bits per heavy atom. The van der Waals surface area contributed by atoms with Crippen LogP contribution in [0.3, 0.4) is 0 Å². The zero-order chi connectivity index (χ0) is 14.1. The van der Waals surface area contributed by atoms with Crippen LogP contribution in [0.2, 0.25) is 0 Å². The summed E-state index contributed by atoms with van der Waals surface area (Å²) in [6.07, 6.45) is 15.5. The average Bonchev–Trinajstić information content (AvgIpc) is 2.33. The van der Waals surface area contributed by atoms with Gasteiger partial charge in [0.15, 0.2) is 0 Å². The molecule has 0 spiro atoms. The molecule has 0 bridgehead atoms. The zero-order valence-corrected chi connectivity index (χ0v) is 12.8. The van der Waals surface area contributed by atoms with Gasteiger partial charge in [0, 0.05) is 6.42 Å². The molecular weight excluding hydrogens is 224 g/mol. The fraction of sp³-hybridized carbons (Fsp3) is 0.938. The summed E-state index contributed by atoms with van der Waals surface area (Å²) in [5.41, 5.74) is 0. The zero-order valence-electron chi connectivity index (χ0n) is 12.8. The molecule has 0 aliphatic carbocycles. The van der Waals surface area contributed by atoms with Gasteiger partial charge in [-0.2, -0.15) is 0 Å². The van der Waals surface area contributed by atoms with Gasteiger partial charge in [-0.15, -0.1) is 0 Å². The predicted octanol–water partition coefficient (Wildman–Crippen LogP) is 5.80. The quantitative estimate of drug-likeness (QED) is 0.476. The van der Waals surface area contributed by atoms with E-state index in [1.165, 1.54) is 64.2 Å².